The van der Waals surface area contributed by atoms with E-state index >= 15 is 0 Å². The van der Waals surface area contributed by atoms with E-state index in [4.69, 9.17) is 9.47 Å². The number of aromatic nitrogens is 1. The lowest BCUT2D eigenvalue weighted by atomic mass is 9.85. The predicted octanol–water partition coefficient (Wildman–Crippen LogP) is 3.05. The summed E-state index contributed by atoms with van der Waals surface area (Å²) in [6.45, 7) is 3.10. The minimum absolute atomic E-state index is 0.333. The lowest BCUT2D eigenvalue weighted by molar-refractivity contribution is 0.0389. The Labute approximate surface area is 117 Å². The van der Waals surface area contributed by atoms with Crippen LogP contribution in [0.15, 0.2) is 17.5 Å². The molecule has 1 aromatic rings. The molecule has 1 aliphatic rings. The molecule has 0 N–H and O–H groups in total. The largest absolute Gasteiger partial charge is 0.461 e. The molecule has 0 saturated carbocycles. The number of rotatable bonds is 5. The zero-order valence-electron chi connectivity index (χ0n) is 11.3. The number of carbonyl (C=O) groups is 1. The first-order valence-electron chi connectivity index (χ1n) is 6.46. The summed E-state index contributed by atoms with van der Waals surface area (Å²) in [6.07, 6.45) is 6.41. The monoisotopic (exact) mass is 281 g/mol. The van der Waals surface area contributed by atoms with Crippen LogP contribution in [-0.2, 0) is 16.1 Å². The number of allylic oxidation sites excluding steroid dienone is 2. The number of ether oxygens (including phenoxy) is 2. The Hall–Kier alpha value is -1.20. The van der Waals surface area contributed by atoms with Gasteiger partial charge >= 0.3 is 5.97 Å². The maximum Gasteiger partial charge on any atom is 0.357 e. The van der Waals surface area contributed by atoms with Crippen LogP contribution in [0.25, 0.3) is 0 Å². The van der Waals surface area contributed by atoms with Crippen LogP contribution in [-0.4, -0.2) is 24.7 Å². The molecule has 0 unspecified atom stereocenters. The number of nitrogens with zero attached hydrogens (tertiary/aromatic N) is 1. The zero-order valence-corrected chi connectivity index (χ0v) is 12.1. The molecule has 1 heterocycles. The van der Waals surface area contributed by atoms with Crippen LogP contribution < -0.4 is 0 Å². The molecular formula is C14H19NO3S. The molecule has 4 nitrogen and oxygen atoms in total. The molecule has 5 heteroatoms. The van der Waals surface area contributed by atoms with Crippen molar-refractivity contribution < 1.29 is 14.3 Å². The third kappa shape index (κ3) is 3.88. The van der Waals surface area contributed by atoms with Gasteiger partial charge in [0.1, 0.15) is 5.01 Å². The van der Waals surface area contributed by atoms with Crippen LogP contribution in [0.3, 0.4) is 0 Å². The molecule has 0 saturated heterocycles. The van der Waals surface area contributed by atoms with Crippen molar-refractivity contribution >= 4 is 17.3 Å². The third-order valence-electron chi connectivity index (χ3n) is 3.38. The number of thiazole rings is 1. The quantitative estimate of drug-likeness (QED) is 0.615. The second kappa shape index (κ2) is 6.82. The first-order valence-corrected chi connectivity index (χ1v) is 7.34. The highest BCUT2D eigenvalue weighted by molar-refractivity contribution is 7.09. The lowest BCUT2D eigenvalue weighted by Gasteiger charge is -2.24. The van der Waals surface area contributed by atoms with Crippen LogP contribution in [0.2, 0.25) is 0 Å². The van der Waals surface area contributed by atoms with Crippen molar-refractivity contribution in [2.45, 2.75) is 26.4 Å². The summed E-state index contributed by atoms with van der Waals surface area (Å²) in [4.78, 5) is 16.1. The summed E-state index contributed by atoms with van der Waals surface area (Å²) in [5, 5.41) is 2.52. The van der Waals surface area contributed by atoms with Gasteiger partial charge in [-0.25, -0.2) is 9.78 Å². The predicted molar refractivity (Wildman–Crippen MR) is 74.1 cm³/mol. The second-order valence-electron chi connectivity index (χ2n) is 4.84. The molecule has 0 spiro atoms. The Morgan fingerprint density at radius 3 is 3.00 bits per heavy atom. The number of hydrogen-bond acceptors (Lipinski definition) is 5. The van der Waals surface area contributed by atoms with Crippen molar-refractivity contribution in [3.05, 3.63) is 28.2 Å². The van der Waals surface area contributed by atoms with Crippen LogP contribution in [0, 0.1) is 11.8 Å². The average molecular weight is 281 g/mol. The van der Waals surface area contributed by atoms with Gasteiger partial charge in [0.15, 0.2) is 5.69 Å². The second-order valence-corrected chi connectivity index (χ2v) is 5.78. The molecule has 1 aliphatic carbocycles. The Morgan fingerprint density at radius 2 is 2.26 bits per heavy atom. The summed E-state index contributed by atoms with van der Waals surface area (Å²) >= 11 is 1.42. The van der Waals surface area contributed by atoms with Gasteiger partial charge in [-0.05, 0) is 24.7 Å². The third-order valence-corrected chi connectivity index (χ3v) is 4.20. The van der Waals surface area contributed by atoms with Gasteiger partial charge in [0.25, 0.3) is 0 Å². The van der Waals surface area contributed by atoms with Gasteiger partial charge in [-0.2, -0.15) is 0 Å². The smallest absolute Gasteiger partial charge is 0.357 e. The highest BCUT2D eigenvalue weighted by Crippen LogP contribution is 2.25. The Kier molecular flexibility index (Phi) is 5.10. The van der Waals surface area contributed by atoms with Crippen LogP contribution >= 0.6 is 11.3 Å². The van der Waals surface area contributed by atoms with Gasteiger partial charge in [-0.1, -0.05) is 19.1 Å². The van der Waals surface area contributed by atoms with Gasteiger partial charge in [0, 0.05) is 12.5 Å². The molecule has 0 amide bonds. The first-order chi connectivity index (χ1) is 9.20. The van der Waals surface area contributed by atoms with Gasteiger partial charge in [0.05, 0.1) is 13.2 Å². The first kappa shape index (κ1) is 14.2. The van der Waals surface area contributed by atoms with E-state index in [0.29, 0.717) is 30.7 Å². The van der Waals surface area contributed by atoms with Gasteiger partial charge in [0.2, 0.25) is 0 Å². The summed E-state index contributed by atoms with van der Waals surface area (Å²) in [5.41, 5.74) is 0.385. The fourth-order valence-electron chi connectivity index (χ4n) is 2.09. The molecular weight excluding hydrogens is 262 g/mol. The minimum atomic E-state index is -0.333. The molecule has 0 bridgehead atoms. The van der Waals surface area contributed by atoms with E-state index in [2.05, 4.69) is 24.1 Å². The molecule has 1 aromatic heterocycles. The van der Waals surface area contributed by atoms with Crippen molar-refractivity contribution in [2.24, 2.45) is 11.8 Å². The number of methoxy groups -OCH3 is 1. The van der Waals surface area contributed by atoms with Gasteiger partial charge in [-0.3, -0.25) is 0 Å². The zero-order chi connectivity index (χ0) is 13.7. The molecule has 19 heavy (non-hydrogen) atoms. The van der Waals surface area contributed by atoms with Crippen molar-refractivity contribution in [3.63, 3.8) is 0 Å². The van der Waals surface area contributed by atoms with E-state index in [1.165, 1.54) is 11.3 Å². The van der Waals surface area contributed by atoms with Crippen molar-refractivity contribution in [1.82, 2.24) is 4.98 Å². The van der Waals surface area contributed by atoms with Crippen LogP contribution in [0.4, 0.5) is 0 Å². The fourth-order valence-corrected chi connectivity index (χ4v) is 2.82. The standard InChI is InChI=1S/C14H19NO3S/c1-10-5-3-4-6-11(10)7-18-14(16)12-9-19-13(15-12)8-17-2/h3-4,9-11H,5-8H2,1-2H3/t10-,11-/m1/s1. The Balaban J connectivity index is 1.84. The molecule has 0 aliphatic heterocycles. The highest BCUT2D eigenvalue weighted by Gasteiger charge is 2.21. The summed E-state index contributed by atoms with van der Waals surface area (Å²) in [7, 11) is 1.61. The van der Waals surface area contributed by atoms with Crippen LogP contribution in [0.1, 0.15) is 35.3 Å². The summed E-state index contributed by atoms with van der Waals surface area (Å²) in [6, 6.07) is 0. The lowest BCUT2D eigenvalue weighted by Crippen LogP contribution is -2.21. The van der Waals surface area contributed by atoms with Crippen LogP contribution in [0.5, 0.6) is 0 Å². The van der Waals surface area contributed by atoms with E-state index < -0.39 is 0 Å². The number of carbonyl (C=O) groups excluding carboxylic acids is 1. The fraction of sp³-hybridized carbons (Fsp3) is 0.571. The van der Waals surface area contributed by atoms with E-state index in [1.807, 2.05) is 0 Å². The van der Waals surface area contributed by atoms with E-state index in [-0.39, 0.29) is 5.97 Å². The summed E-state index contributed by atoms with van der Waals surface area (Å²) in [5.74, 6) is 0.656. The molecule has 2 atom stereocenters. The van der Waals surface area contributed by atoms with Gasteiger partial charge in [-0.15, -0.1) is 11.3 Å². The normalized spacial score (nSPS) is 22.4. The topological polar surface area (TPSA) is 48.4 Å². The van der Waals surface area contributed by atoms with E-state index in [0.717, 1.165) is 17.8 Å². The Bertz CT molecular complexity index is 455. The molecule has 0 radical (unpaired) electrons. The maximum atomic E-state index is 11.9. The summed E-state index contributed by atoms with van der Waals surface area (Å²) < 4.78 is 10.3. The Morgan fingerprint density at radius 1 is 1.47 bits per heavy atom. The van der Waals surface area contributed by atoms with E-state index in [1.54, 1.807) is 12.5 Å². The molecule has 0 aromatic carbocycles. The highest BCUT2D eigenvalue weighted by atomic mass is 32.1. The number of esters is 1. The van der Waals surface area contributed by atoms with E-state index in [9.17, 15) is 4.79 Å². The molecule has 2 rings (SSSR count). The van der Waals surface area contributed by atoms with Crippen molar-refractivity contribution in [2.75, 3.05) is 13.7 Å². The SMILES string of the molecule is COCc1nc(C(=O)OC[C@H]2CC=CC[C@H]2C)cs1. The molecule has 104 valence electrons. The minimum Gasteiger partial charge on any atom is -0.461 e. The molecule has 0 fully saturated rings. The van der Waals surface area contributed by atoms with Crippen molar-refractivity contribution in [3.8, 4) is 0 Å². The average Bonchev–Trinajstić information content (AvgIpc) is 2.87. The van der Waals surface area contributed by atoms with Gasteiger partial charge < -0.3 is 9.47 Å². The number of hydrogen-bond donors (Lipinski definition) is 0. The maximum absolute atomic E-state index is 11.9. The van der Waals surface area contributed by atoms with Crippen molar-refractivity contribution in [1.29, 1.82) is 0 Å².